The Labute approximate surface area is 58.8 Å². The molecule has 56 valence electrons. The quantitative estimate of drug-likeness (QED) is 0.576. The van der Waals surface area contributed by atoms with Gasteiger partial charge in [0, 0.05) is 5.54 Å². The Morgan fingerprint density at radius 2 is 1.78 bits per heavy atom. The van der Waals surface area contributed by atoms with Crippen LogP contribution >= 0.6 is 0 Å². The highest BCUT2D eigenvalue weighted by atomic mass is 14.9. The summed E-state index contributed by atoms with van der Waals surface area (Å²) in [5.74, 6) is 0. The minimum atomic E-state index is 0.301. The van der Waals surface area contributed by atoms with Crippen molar-refractivity contribution in [3.63, 3.8) is 0 Å². The van der Waals surface area contributed by atoms with Crippen molar-refractivity contribution in [1.82, 2.24) is 5.32 Å². The van der Waals surface area contributed by atoms with Gasteiger partial charge in [-0.1, -0.05) is 13.3 Å². The zero-order valence-corrected chi connectivity index (χ0v) is 7.12. The lowest BCUT2D eigenvalue weighted by Crippen LogP contribution is -2.36. The van der Waals surface area contributed by atoms with Crippen LogP contribution in [0.1, 0.15) is 40.5 Å². The minimum absolute atomic E-state index is 0.301. The monoisotopic (exact) mass is 129 g/mol. The van der Waals surface area contributed by atoms with Crippen LogP contribution in [0.25, 0.3) is 0 Å². The Bertz CT molecular complexity index is 61.5. The second-order valence-corrected chi connectivity index (χ2v) is 3.53. The van der Waals surface area contributed by atoms with Crippen molar-refractivity contribution in [3.8, 4) is 0 Å². The maximum atomic E-state index is 3.42. The smallest absolute Gasteiger partial charge is 0.00965 e. The lowest BCUT2D eigenvalue weighted by molar-refractivity contribution is 0.421. The van der Waals surface area contributed by atoms with Gasteiger partial charge in [0.1, 0.15) is 0 Å². The van der Waals surface area contributed by atoms with Gasteiger partial charge in [0.2, 0.25) is 0 Å². The molecule has 0 aliphatic carbocycles. The van der Waals surface area contributed by atoms with Gasteiger partial charge in [0.05, 0.1) is 0 Å². The predicted molar refractivity (Wildman–Crippen MR) is 42.7 cm³/mol. The number of unbranched alkanes of at least 4 members (excludes halogenated alkanes) is 1. The third-order valence-corrected chi connectivity index (χ3v) is 1.19. The molecule has 0 amide bonds. The zero-order chi connectivity index (χ0) is 7.33. The highest BCUT2D eigenvalue weighted by Crippen LogP contribution is 1.98. The predicted octanol–water partition coefficient (Wildman–Crippen LogP) is 2.17. The number of rotatable bonds is 3. The maximum absolute atomic E-state index is 3.42. The van der Waals surface area contributed by atoms with Crippen LogP contribution in [0.2, 0.25) is 0 Å². The van der Waals surface area contributed by atoms with E-state index in [4.69, 9.17) is 0 Å². The summed E-state index contributed by atoms with van der Waals surface area (Å²) in [4.78, 5) is 0. The molecule has 0 saturated carbocycles. The molecule has 0 saturated heterocycles. The molecule has 0 spiro atoms. The van der Waals surface area contributed by atoms with E-state index in [0.717, 1.165) is 6.54 Å². The Kier molecular flexibility index (Phi) is 3.87. The zero-order valence-electron chi connectivity index (χ0n) is 7.12. The molecule has 0 radical (unpaired) electrons. The van der Waals surface area contributed by atoms with Gasteiger partial charge < -0.3 is 5.32 Å². The second-order valence-electron chi connectivity index (χ2n) is 3.53. The van der Waals surface area contributed by atoms with Gasteiger partial charge in [0.25, 0.3) is 0 Å². The molecule has 0 aliphatic heterocycles. The largest absolute Gasteiger partial charge is 0.312 e. The minimum Gasteiger partial charge on any atom is -0.312 e. The van der Waals surface area contributed by atoms with Gasteiger partial charge in [-0.25, -0.2) is 0 Å². The second kappa shape index (κ2) is 3.89. The first-order valence-corrected chi connectivity index (χ1v) is 3.81. The van der Waals surface area contributed by atoms with Gasteiger partial charge in [-0.15, -0.1) is 0 Å². The summed E-state index contributed by atoms with van der Waals surface area (Å²) in [7, 11) is 0. The van der Waals surface area contributed by atoms with Crippen molar-refractivity contribution < 1.29 is 0 Å². The van der Waals surface area contributed by atoms with E-state index in [0.29, 0.717) is 5.54 Å². The number of hydrogen-bond donors (Lipinski definition) is 1. The van der Waals surface area contributed by atoms with Crippen molar-refractivity contribution in [3.05, 3.63) is 0 Å². The molecule has 9 heavy (non-hydrogen) atoms. The van der Waals surface area contributed by atoms with E-state index in [1.807, 2.05) is 0 Å². The summed E-state index contributed by atoms with van der Waals surface area (Å²) in [5, 5.41) is 3.42. The topological polar surface area (TPSA) is 12.0 Å². The van der Waals surface area contributed by atoms with E-state index < -0.39 is 0 Å². The van der Waals surface area contributed by atoms with Gasteiger partial charge in [-0.3, -0.25) is 0 Å². The van der Waals surface area contributed by atoms with Crippen LogP contribution in [0.5, 0.6) is 0 Å². The Morgan fingerprint density at radius 1 is 1.22 bits per heavy atom. The molecule has 0 aromatic carbocycles. The van der Waals surface area contributed by atoms with Crippen LogP contribution in [0.15, 0.2) is 0 Å². The van der Waals surface area contributed by atoms with E-state index in [-0.39, 0.29) is 0 Å². The summed E-state index contributed by atoms with van der Waals surface area (Å²) in [6, 6.07) is 0. The van der Waals surface area contributed by atoms with E-state index in [1.165, 1.54) is 12.8 Å². The molecule has 0 heterocycles. The molecule has 0 fully saturated rings. The van der Waals surface area contributed by atoms with Gasteiger partial charge in [-0.2, -0.15) is 0 Å². The van der Waals surface area contributed by atoms with E-state index in [2.05, 4.69) is 33.0 Å². The molecule has 0 aliphatic rings. The molecule has 0 unspecified atom stereocenters. The SMILES string of the molecule is CCCCNC(C)(C)C. The molecule has 0 rings (SSSR count). The normalized spacial score (nSPS) is 12.0. The lowest BCUT2D eigenvalue weighted by atomic mass is 10.1. The molecule has 1 nitrogen and oxygen atoms in total. The van der Waals surface area contributed by atoms with E-state index in [9.17, 15) is 0 Å². The number of hydrogen-bond acceptors (Lipinski definition) is 1. The first kappa shape index (κ1) is 8.96. The van der Waals surface area contributed by atoms with Crippen LogP contribution in [0.3, 0.4) is 0 Å². The summed E-state index contributed by atoms with van der Waals surface area (Å²) in [5.41, 5.74) is 0.301. The third-order valence-electron chi connectivity index (χ3n) is 1.19. The van der Waals surface area contributed by atoms with Crippen molar-refractivity contribution in [2.45, 2.75) is 46.1 Å². The maximum Gasteiger partial charge on any atom is 0.00965 e. The molecule has 0 bridgehead atoms. The Morgan fingerprint density at radius 3 is 2.11 bits per heavy atom. The molecule has 1 N–H and O–H groups in total. The average Bonchev–Trinajstić information content (AvgIpc) is 1.63. The van der Waals surface area contributed by atoms with Gasteiger partial charge in [-0.05, 0) is 33.7 Å². The van der Waals surface area contributed by atoms with Crippen LogP contribution in [0.4, 0.5) is 0 Å². The van der Waals surface area contributed by atoms with Gasteiger partial charge >= 0.3 is 0 Å². The van der Waals surface area contributed by atoms with Crippen LogP contribution in [0, 0.1) is 0 Å². The fourth-order valence-corrected chi connectivity index (χ4v) is 0.640. The van der Waals surface area contributed by atoms with Crippen molar-refractivity contribution in [1.29, 1.82) is 0 Å². The standard InChI is InChI=1S/C8H19N/c1-5-6-7-9-8(2,3)4/h9H,5-7H2,1-4H3. The fourth-order valence-electron chi connectivity index (χ4n) is 0.640. The van der Waals surface area contributed by atoms with Gasteiger partial charge in [0.15, 0.2) is 0 Å². The van der Waals surface area contributed by atoms with E-state index in [1.54, 1.807) is 0 Å². The first-order chi connectivity index (χ1) is 4.06. The summed E-state index contributed by atoms with van der Waals surface area (Å²) >= 11 is 0. The molecule has 1 heteroatoms. The number of nitrogens with one attached hydrogen (secondary N) is 1. The average molecular weight is 129 g/mol. The summed E-state index contributed by atoms with van der Waals surface area (Å²) in [6.07, 6.45) is 2.57. The van der Waals surface area contributed by atoms with Crippen LogP contribution < -0.4 is 5.32 Å². The van der Waals surface area contributed by atoms with Crippen molar-refractivity contribution in [2.24, 2.45) is 0 Å². The highest BCUT2D eigenvalue weighted by molar-refractivity contribution is 4.69. The molecule has 0 aromatic rings. The lowest BCUT2D eigenvalue weighted by Gasteiger charge is -2.19. The third kappa shape index (κ3) is 7.96. The molecular formula is C8H19N. The van der Waals surface area contributed by atoms with Crippen LogP contribution in [-0.4, -0.2) is 12.1 Å². The Hall–Kier alpha value is -0.0400. The van der Waals surface area contributed by atoms with E-state index >= 15 is 0 Å². The summed E-state index contributed by atoms with van der Waals surface area (Å²) in [6.45, 7) is 9.96. The van der Waals surface area contributed by atoms with Crippen LogP contribution in [-0.2, 0) is 0 Å². The summed E-state index contributed by atoms with van der Waals surface area (Å²) < 4.78 is 0. The van der Waals surface area contributed by atoms with Crippen molar-refractivity contribution in [2.75, 3.05) is 6.54 Å². The molecular weight excluding hydrogens is 110 g/mol. The highest BCUT2D eigenvalue weighted by Gasteiger charge is 2.05. The Balaban J connectivity index is 3.07. The fraction of sp³-hybridized carbons (Fsp3) is 1.00. The molecule has 0 atom stereocenters. The first-order valence-electron chi connectivity index (χ1n) is 3.81. The van der Waals surface area contributed by atoms with Crippen molar-refractivity contribution >= 4 is 0 Å². The molecule has 0 aromatic heterocycles.